The third-order valence-electron chi connectivity index (χ3n) is 1.38. The van der Waals surface area contributed by atoms with Gasteiger partial charge in [-0.1, -0.05) is 0 Å². The van der Waals surface area contributed by atoms with Crippen LogP contribution in [-0.4, -0.2) is 19.9 Å². The molecular weight excluding hydrogens is 194 g/mol. The Bertz CT molecular complexity index is 497. The summed E-state index contributed by atoms with van der Waals surface area (Å²) in [5, 5.41) is 3.34. The number of aromatic nitrogens is 4. The highest BCUT2D eigenvalue weighted by atomic mass is 35.5. The number of imidazole rings is 1. The Morgan fingerprint density at radius 3 is 3.15 bits per heavy atom. The predicted octanol–water partition coefficient (Wildman–Crippen LogP) is 1.95. The maximum absolute atomic E-state index is 8.23. The van der Waals surface area contributed by atoms with E-state index in [1.807, 2.05) is 0 Å². The van der Waals surface area contributed by atoms with E-state index >= 15 is 0 Å². The molecule has 2 rings (SSSR count). The monoisotopic (exact) mass is 195 g/mol. The summed E-state index contributed by atoms with van der Waals surface area (Å²) >= 11 is 5.56. The molecule has 0 fully saturated rings. The van der Waals surface area contributed by atoms with Crippen LogP contribution in [0.15, 0.2) is 11.4 Å². The highest BCUT2D eigenvalue weighted by Gasteiger charge is 2.06. The molecule has 7 nitrogen and oxygen atoms in total. The second kappa shape index (κ2) is 2.89. The highest BCUT2D eigenvalue weighted by Crippen LogP contribution is 2.20. The molecule has 0 saturated carbocycles. The van der Waals surface area contributed by atoms with Crippen molar-refractivity contribution in [1.29, 1.82) is 0 Å². The van der Waals surface area contributed by atoms with Crippen molar-refractivity contribution in [1.82, 2.24) is 19.9 Å². The summed E-state index contributed by atoms with van der Waals surface area (Å²) in [6.07, 6.45) is 1.42. The van der Waals surface area contributed by atoms with Crippen molar-refractivity contribution in [3.63, 3.8) is 0 Å². The molecule has 13 heavy (non-hydrogen) atoms. The first kappa shape index (κ1) is 7.78. The Kier molecular flexibility index (Phi) is 1.73. The van der Waals surface area contributed by atoms with Gasteiger partial charge in [0, 0.05) is 4.91 Å². The lowest BCUT2D eigenvalue weighted by molar-refractivity contribution is 1.18. The number of hydrogen-bond acceptors (Lipinski definition) is 4. The maximum atomic E-state index is 8.23. The summed E-state index contributed by atoms with van der Waals surface area (Å²) in [4.78, 5) is 16.7. The van der Waals surface area contributed by atoms with Gasteiger partial charge in [0.1, 0.15) is 5.52 Å². The first-order valence-corrected chi connectivity index (χ1v) is 3.61. The van der Waals surface area contributed by atoms with Crippen LogP contribution >= 0.6 is 11.6 Å². The molecule has 2 heterocycles. The molecule has 0 aliphatic rings. The topological polar surface area (TPSA) is 103 Å². The number of H-pyrrole nitrogens is 1. The SMILES string of the molecule is [N-]=[N+]=Nc1nc(Cl)nc2nc[nH]c12. The standard InChI is InChI=1S/C5H2ClN7/c6-5-10-3-2(8-1-9-3)4(11-5)12-13-7/h1H,(H,8,9,10,11). The molecule has 0 bridgehead atoms. The van der Waals surface area contributed by atoms with Crippen molar-refractivity contribution in [3.05, 3.63) is 22.1 Å². The molecule has 0 saturated heterocycles. The van der Waals surface area contributed by atoms with Gasteiger partial charge in [-0.2, -0.15) is 4.98 Å². The van der Waals surface area contributed by atoms with E-state index in [4.69, 9.17) is 17.1 Å². The first-order chi connectivity index (χ1) is 6.31. The number of halogens is 1. The zero-order valence-electron chi connectivity index (χ0n) is 6.14. The van der Waals surface area contributed by atoms with Crippen molar-refractivity contribution < 1.29 is 0 Å². The second-order valence-electron chi connectivity index (χ2n) is 2.11. The smallest absolute Gasteiger partial charge is 0.224 e. The van der Waals surface area contributed by atoms with Gasteiger partial charge in [0.25, 0.3) is 0 Å². The largest absolute Gasteiger partial charge is 0.342 e. The van der Waals surface area contributed by atoms with Crippen LogP contribution in [0.25, 0.3) is 21.6 Å². The minimum atomic E-state index is 0.00185. The molecule has 0 aliphatic heterocycles. The molecular formula is C5H2ClN7. The van der Waals surface area contributed by atoms with Gasteiger partial charge in [0.2, 0.25) is 5.28 Å². The quantitative estimate of drug-likeness (QED) is 0.325. The number of aromatic amines is 1. The van der Waals surface area contributed by atoms with Gasteiger partial charge in [-0.25, -0.2) is 9.97 Å². The van der Waals surface area contributed by atoms with Crippen molar-refractivity contribution in [2.24, 2.45) is 5.11 Å². The van der Waals surface area contributed by atoms with Crippen LogP contribution in [0.1, 0.15) is 0 Å². The van der Waals surface area contributed by atoms with E-state index in [1.54, 1.807) is 0 Å². The van der Waals surface area contributed by atoms with Gasteiger partial charge in [-0.3, -0.25) is 0 Å². The molecule has 0 spiro atoms. The molecule has 0 radical (unpaired) electrons. The number of nitrogens with zero attached hydrogens (tertiary/aromatic N) is 6. The molecule has 2 aromatic heterocycles. The van der Waals surface area contributed by atoms with E-state index in [0.29, 0.717) is 11.2 Å². The van der Waals surface area contributed by atoms with Gasteiger partial charge < -0.3 is 4.98 Å². The lowest BCUT2D eigenvalue weighted by atomic mass is 10.5. The summed E-state index contributed by atoms with van der Waals surface area (Å²) in [6.45, 7) is 0. The van der Waals surface area contributed by atoms with Gasteiger partial charge >= 0.3 is 0 Å². The molecule has 8 heteroatoms. The molecule has 0 atom stereocenters. The fourth-order valence-corrected chi connectivity index (χ4v) is 1.07. The van der Waals surface area contributed by atoms with E-state index in [0.717, 1.165) is 0 Å². The Hall–Kier alpha value is -1.85. The number of fused-ring (bicyclic) bond motifs is 1. The summed E-state index contributed by atoms with van der Waals surface area (Å²) in [5.74, 6) is 0.148. The minimum Gasteiger partial charge on any atom is -0.342 e. The molecule has 0 aliphatic carbocycles. The third-order valence-corrected chi connectivity index (χ3v) is 1.55. The van der Waals surface area contributed by atoms with Crippen molar-refractivity contribution in [2.45, 2.75) is 0 Å². The molecule has 1 N–H and O–H groups in total. The fraction of sp³-hybridized carbons (Fsp3) is 0. The summed E-state index contributed by atoms with van der Waals surface area (Å²) in [5.41, 5.74) is 9.08. The van der Waals surface area contributed by atoms with Crippen LogP contribution in [0.3, 0.4) is 0 Å². The van der Waals surface area contributed by atoms with Gasteiger partial charge in [0.05, 0.1) is 6.33 Å². The van der Waals surface area contributed by atoms with Crippen LogP contribution in [0, 0.1) is 0 Å². The van der Waals surface area contributed by atoms with E-state index in [2.05, 4.69) is 30.0 Å². The second-order valence-corrected chi connectivity index (χ2v) is 2.44. The van der Waals surface area contributed by atoms with Crippen molar-refractivity contribution in [2.75, 3.05) is 0 Å². The van der Waals surface area contributed by atoms with Crippen LogP contribution in [0.2, 0.25) is 5.28 Å². The molecule has 0 aromatic carbocycles. The molecule has 64 valence electrons. The van der Waals surface area contributed by atoms with E-state index < -0.39 is 0 Å². The van der Waals surface area contributed by atoms with Crippen molar-refractivity contribution >= 4 is 28.6 Å². The van der Waals surface area contributed by atoms with Crippen LogP contribution in [-0.2, 0) is 0 Å². The molecule has 2 aromatic rings. The van der Waals surface area contributed by atoms with Gasteiger partial charge in [-0.15, -0.1) is 0 Å². The Balaban J connectivity index is 2.84. The summed E-state index contributed by atoms with van der Waals surface area (Å²) < 4.78 is 0. The number of nitrogens with one attached hydrogen (secondary N) is 1. The lowest BCUT2D eigenvalue weighted by Crippen LogP contribution is -1.84. The summed E-state index contributed by atoms with van der Waals surface area (Å²) in [7, 11) is 0. The van der Waals surface area contributed by atoms with Crippen LogP contribution in [0.4, 0.5) is 5.82 Å². The van der Waals surface area contributed by atoms with Gasteiger partial charge in [0.15, 0.2) is 11.5 Å². The van der Waals surface area contributed by atoms with E-state index in [1.165, 1.54) is 6.33 Å². The predicted molar refractivity (Wildman–Crippen MR) is 45.5 cm³/mol. The Labute approximate surface area is 76.4 Å². The minimum absolute atomic E-state index is 0.00185. The zero-order chi connectivity index (χ0) is 9.26. The normalized spacial score (nSPS) is 9.92. The molecule has 0 amide bonds. The van der Waals surface area contributed by atoms with Crippen LogP contribution < -0.4 is 0 Å². The number of azide groups is 1. The van der Waals surface area contributed by atoms with E-state index in [-0.39, 0.29) is 11.1 Å². The van der Waals surface area contributed by atoms with Gasteiger partial charge in [-0.05, 0) is 22.2 Å². The Morgan fingerprint density at radius 1 is 1.54 bits per heavy atom. The third kappa shape index (κ3) is 1.26. The highest BCUT2D eigenvalue weighted by molar-refractivity contribution is 6.28. The number of hydrogen-bond donors (Lipinski definition) is 1. The molecule has 0 unspecified atom stereocenters. The fourth-order valence-electron chi connectivity index (χ4n) is 0.907. The number of rotatable bonds is 1. The van der Waals surface area contributed by atoms with E-state index in [9.17, 15) is 0 Å². The zero-order valence-corrected chi connectivity index (χ0v) is 6.89. The average molecular weight is 196 g/mol. The summed E-state index contributed by atoms with van der Waals surface area (Å²) in [6, 6.07) is 0. The lowest BCUT2D eigenvalue weighted by Gasteiger charge is -1.92. The van der Waals surface area contributed by atoms with Crippen LogP contribution in [0.5, 0.6) is 0 Å². The van der Waals surface area contributed by atoms with Crippen molar-refractivity contribution in [3.8, 4) is 0 Å². The Morgan fingerprint density at radius 2 is 2.38 bits per heavy atom. The maximum Gasteiger partial charge on any atom is 0.224 e. The first-order valence-electron chi connectivity index (χ1n) is 3.23. The average Bonchev–Trinajstić information content (AvgIpc) is 2.52.